The van der Waals surface area contributed by atoms with E-state index in [1.54, 1.807) is 12.1 Å². The van der Waals surface area contributed by atoms with Crippen molar-refractivity contribution in [3.63, 3.8) is 0 Å². The van der Waals surface area contributed by atoms with Crippen LogP contribution in [0.4, 0.5) is 17.1 Å². The van der Waals surface area contributed by atoms with E-state index >= 15 is 0 Å². The molecule has 0 aliphatic heterocycles. The molecule has 0 radical (unpaired) electrons. The molecule has 24 heavy (non-hydrogen) atoms. The van der Waals surface area contributed by atoms with Gasteiger partial charge in [0.1, 0.15) is 0 Å². The van der Waals surface area contributed by atoms with E-state index in [0.717, 1.165) is 17.0 Å². The number of nitrogens with zero attached hydrogens (tertiary/aromatic N) is 2. The summed E-state index contributed by atoms with van der Waals surface area (Å²) < 4.78 is 0. The fourth-order valence-electron chi connectivity index (χ4n) is 2.04. The number of aliphatic imine (C=N–C) groups is 2. The second-order valence-corrected chi connectivity index (χ2v) is 6.15. The molecule has 0 atom stereocenters. The van der Waals surface area contributed by atoms with Crippen LogP contribution in [0.2, 0.25) is 5.02 Å². The molecule has 5 heteroatoms. The summed E-state index contributed by atoms with van der Waals surface area (Å²) in [5.41, 5.74) is 3.92. The van der Waals surface area contributed by atoms with E-state index in [9.17, 15) is 4.79 Å². The molecule has 0 fully saturated rings. The lowest BCUT2D eigenvalue weighted by molar-refractivity contribution is -0.118. The van der Waals surface area contributed by atoms with Crippen molar-refractivity contribution in [2.24, 2.45) is 15.9 Å². The quantitative estimate of drug-likeness (QED) is 0.726. The molecule has 0 bridgehead atoms. The van der Waals surface area contributed by atoms with Crippen molar-refractivity contribution in [1.82, 2.24) is 0 Å². The maximum atomic E-state index is 11.7. The summed E-state index contributed by atoms with van der Waals surface area (Å²) in [6.07, 6.45) is 0. The molecule has 1 amide bonds. The standard InChI is InChI=1S/C19H20ClN3O/c1-12(2)19(24)23-16-8-5-14(6-9-16)13(3)22-17-10-7-15(20)11-18(17)21-4/h5-12H,4H2,1-3H3,(H,23,24). The van der Waals surface area contributed by atoms with Crippen LogP contribution < -0.4 is 5.32 Å². The molecule has 124 valence electrons. The summed E-state index contributed by atoms with van der Waals surface area (Å²) in [6.45, 7) is 9.19. The zero-order valence-corrected chi connectivity index (χ0v) is 14.8. The van der Waals surface area contributed by atoms with E-state index in [-0.39, 0.29) is 11.8 Å². The first-order valence-corrected chi connectivity index (χ1v) is 8.01. The molecular formula is C19H20ClN3O. The van der Waals surface area contributed by atoms with Crippen molar-refractivity contribution in [2.45, 2.75) is 20.8 Å². The first-order valence-electron chi connectivity index (χ1n) is 7.63. The maximum Gasteiger partial charge on any atom is 0.226 e. The van der Waals surface area contributed by atoms with Gasteiger partial charge in [0.25, 0.3) is 0 Å². The number of anilines is 1. The number of halogens is 1. The topological polar surface area (TPSA) is 53.8 Å². The van der Waals surface area contributed by atoms with Crippen molar-refractivity contribution in [1.29, 1.82) is 0 Å². The largest absolute Gasteiger partial charge is 0.326 e. The van der Waals surface area contributed by atoms with Crippen molar-refractivity contribution < 1.29 is 4.79 Å². The van der Waals surface area contributed by atoms with Crippen LogP contribution in [0.3, 0.4) is 0 Å². The first kappa shape index (κ1) is 17.9. The average molecular weight is 342 g/mol. The predicted molar refractivity (Wildman–Crippen MR) is 102 cm³/mol. The Morgan fingerprint density at radius 3 is 2.38 bits per heavy atom. The number of nitrogens with one attached hydrogen (secondary N) is 1. The van der Waals surface area contributed by atoms with Crippen LogP contribution >= 0.6 is 11.6 Å². The van der Waals surface area contributed by atoms with E-state index < -0.39 is 0 Å². The lowest BCUT2D eigenvalue weighted by Gasteiger charge is -2.09. The molecule has 0 saturated carbocycles. The summed E-state index contributed by atoms with van der Waals surface area (Å²) in [5, 5.41) is 3.46. The highest BCUT2D eigenvalue weighted by Gasteiger charge is 2.07. The third-order valence-corrected chi connectivity index (χ3v) is 3.73. The highest BCUT2D eigenvalue weighted by molar-refractivity contribution is 6.31. The molecule has 0 saturated heterocycles. The van der Waals surface area contributed by atoms with Gasteiger partial charge in [-0.25, -0.2) is 0 Å². The van der Waals surface area contributed by atoms with Crippen molar-refractivity contribution in [3.05, 3.63) is 53.1 Å². The molecule has 0 aliphatic carbocycles. The summed E-state index contributed by atoms with van der Waals surface area (Å²) in [6, 6.07) is 12.9. The fourth-order valence-corrected chi connectivity index (χ4v) is 2.21. The lowest BCUT2D eigenvalue weighted by atomic mass is 10.1. The lowest BCUT2D eigenvalue weighted by Crippen LogP contribution is -2.17. The first-order chi connectivity index (χ1) is 11.4. The van der Waals surface area contributed by atoms with Gasteiger partial charge in [-0.1, -0.05) is 37.6 Å². The Labute approximate surface area is 147 Å². The minimum Gasteiger partial charge on any atom is -0.326 e. The fraction of sp³-hybridized carbons (Fsp3) is 0.211. The van der Waals surface area contributed by atoms with Crippen LogP contribution in [0.25, 0.3) is 0 Å². The molecule has 0 aliphatic rings. The number of rotatable bonds is 5. The number of hydrogen-bond acceptors (Lipinski definition) is 3. The third kappa shape index (κ3) is 4.52. The molecule has 0 aromatic heterocycles. The molecular weight excluding hydrogens is 322 g/mol. The molecule has 4 nitrogen and oxygen atoms in total. The van der Waals surface area contributed by atoms with Crippen LogP contribution in [0.15, 0.2) is 52.4 Å². The van der Waals surface area contributed by atoms with Crippen molar-refractivity contribution >= 4 is 47.0 Å². The minimum absolute atomic E-state index is 0.00370. The highest BCUT2D eigenvalue weighted by atomic mass is 35.5. The SMILES string of the molecule is C=Nc1cc(Cl)ccc1N=C(C)c1ccc(NC(=O)C(C)C)cc1. The van der Waals surface area contributed by atoms with Gasteiger partial charge in [0.05, 0.1) is 11.4 Å². The zero-order valence-electron chi connectivity index (χ0n) is 14.0. The van der Waals surface area contributed by atoms with Crippen LogP contribution in [0.5, 0.6) is 0 Å². The number of carbonyl (C=O) groups is 1. The predicted octanol–water partition coefficient (Wildman–Crippen LogP) is 5.41. The normalized spacial score (nSPS) is 11.5. The smallest absolute Gasteiger partial charge is 0.226 e. The Bertz CT molecular complexity index is 780. The second kappa shape index (κ2) is 7.88. The summed E-state index contributed by atoms with van der Waals surface area (Å²) >= 11 is 5.96. The van der Waals surface area contributed by atoms with E-state index in [2.05, 4.69) is 22.0 Å². The van der Waals surface area contributed by atoms with E-state index in [4.69, 9.17) is 11.6 Å². The second-order valence-electron chi connectivity index (χ2n) is 5.71. The molecule has 2 rings (SSSR count). The van der Waals surface area contributed by atoms with Gasteiger partial charge in [-0.3, -0.25) is 14.8 Å². The van der Waals surface area contributed by atoms with E-state index in [1.165, 1.54) is 0 Å². The average Bonchev–Trinajstić information content (AvgIpc) is 2.56. The Balaban J connectivity index is 2.22. The summed E-state index contributed by atoms with van der Waals surface area (Å²) in [7, 11) is 0. The van der Waals surface area contributed by atoms with Gasteiger partial charge in [-0.05, 0) is 49.5 Å². The Kier molecular flexibility index (Phi) is 5.88. The van der Waals surface area contributed by atoms with Crippen LogP contribution in [-0.4, -0.2) is 18.3 Å². The van der Waals surface area contributed by atoms with Crippen LogP contribution in [-0.2, 0) is 4.79 Å². The minimum atomic E-state index is -0.0531. The summed E-state index contributed by atoms with van der Waals surface area (Å²) in [4.78, 5) is 20.3. The zero-order chi connectivity index (χ0) is 17.7. The van der Waals surface area contributed by atoms with Gasteiger partial charge in [0.15, 0.2) is 0 Å². The Morgan fingerprint density at radius 1 is 1.12 bits per heavy atom. The Morgan fingerprint density at radius 2 is 1.79 bits per heavy atom. The van der Waals surface area contributed by atoms with E-state index in [0.29, 0.717) is 16.4 Å². The van der Waals surface area contributed by atoms with Gasteiger partial charge >= 0.3 is 0 Å². The summed E-state index contributed by atoms with van der Waals surface area (Å²) in [5.74, 6) is -0.0568. The number of benzene rings is 2. The number of amides is 1. The van der Waals surface area contributed by atoms with Gasteiger partial charge in [-0.2, -0.15) is 0 Å². The molecule has 0 unspecified atom stereocenters. The number of hydrogen-bond donors (Lipinski definition) is 1. The molecule has 0 spiro atoms. The Hall–Kier alpha value is -2.46. The van der Waals surface area contributed by atoms with Crippen molar-refractivity contribution in [2.75, 3.05) is 5.32 Å². The monoisotopic (exact) mass is 341 g/mol. The number of carbonyl (C=O) groups excluding carboxylic acids is 1. The highest BCUT2D eigenvalue weighted by Crippen LogP contribution is 2.31. The third-order valence-electron chi connectivity index (χ3n) is 3.49. The van der Waals surface area contributed by atoms with Gasteiger partial charge in [0, 0.05) is 22.3 Å². The van der Waals surface area contributed by atoms with Gasteiger partial charge in [0.2, 0.25) is 5.91 Å². The molecule has 0 heterocycles. The van der Waals surface area contributed by atoms with Gasteiger partial charge in [-0.15, -0.1) is 0 Å². The van der Waals surface area contributed by atoms with E-state index in [1.807, 2.05) is 51.1 Å². The van der Waals surface area contributed by atoms with Crippen LogP contribution in [0.1, 0.15) is 26.3 Å². The van der Waals surface area contributed by atoms with Gasteiger partial charge < -0.3 is 5.32 Å². The molecule has 2 aromatic rings. The van der Waals surface area contributed by atoms with Crippen LogP contribution in [0, 0.1) is 5.92 Å². The van der Waals surface area contributed by atoms with Crippen molar-refractivity contribution in [3.8, 4) is 0 Å². The molecule has 2 aromatic carbocycles. The molecule has 1 N–H and O–H groups in total. The maximum absolute atomic E-state index is 11.7.